The lowest BCUT2D eigenvalue weighted by molar-refractivity contribution is -0.137. The number of nitrogens with one attached hydrogen (secondary N) is 2. The summed E-state index contributed by atoms with van der Waals surface area (Å²) < 4.78 is 65.8. The Labute approximate surface area is 172 Å². The minimum absolute atomic E-state index is 0.185. The lowest BCUT2D eigenvalue weighted by atomic mass is 9.87. The van der Waals surface area contributed by atoms with E-state index in [-0.39, 0.29) is 22.9 Å². The number of carbonyl (C=O) groups excluding carboxylic acids is 1. The molecule has 1 amide bonds. The average Bonchev–Trinajstić information content (AvgIpc) is 2.82. The van der Waals surface area contributed by atoms with Gasteiger partial charge in [0.25, 0.3) is 5.91 Å². The number of para-hydroxylation sites is 1. The number of sulfonamides is 1. The van der Waals surface area contributed by atoms with Crippen LogP contribution >= 0.6 is 0 Å². The number of anilines is 1. The van der Waals surface area contributed by atoms with E-state index in [0.717, 1.165) is 12.1 Å². The largest absolute Gasteiger partial charge is 0.593 e. The van der Waals surface area contributed by atoms with Gasteiger partial charge in [0.15, 0.2) is 15.3 Å². The molecule has 4 rings (SSSR count). The highest BCUT2D eigenvalue weighted by molar-refractivity contribution is 7.96. The second kappa shape index (κ2) is 7.36. The second-order valence-corrected chi connectivity index (χ2v) is 9.33. The molecule has 30 heavy (non-hydrogen) atoms. The van der Waals surface area contributed by atoms with Gasteiger partial charge in [-0.3, -0.25) is 4.79 Å². The van der Waals surface area contributed by atoms with Crippen LogP contribution in [0.15, 0.2) is 53.4 Å². The molecule has 2 heterocycles. The quantitative estimate of drug-likeness (QED) is 0.668. The molecule has 160 valence electrons. The molecule has 2 N–H and O–H groups in total. The maximum atomic E-state index is 12.7. The zero-order chi connectivity index (χ0) is 21.6. The van der Waals surface area contributed by atoms with Gasteiger partial charge in [-0.1, -0.05) is 16.3 Å². The van der Waals surface area contributed by atoms with Crippen molar-refractivity contribution < 1.29 is 26.7 Å². The van der Waals surface area contributed by atoms with Gasteiger partial charge in [-0.05, 0) is 49.2 Å². The summed E-state index contributed by atoms with van der Waals surface area (Å²) in [6, 6.07) is 10.8. The van der Waals surface area contributed by atoms with Crippen LogP contribution < -0.4 is 10.0 Å². The first-order valence-electron chi connectivity index (χ1n) is 9.43. The third kappa shape index (κ3) is 3.94. The van der Waals surface area contributed by atoms with Crippen LogP contribution in [0.3, 0.4) is 0 Å². The lowest BCUT2D eigenvalue weighted by Crippen LogP contribution is -2.55. The van der Waals surface area contributed by atoms with Gasteiger partial charge in [0.1, 0.15) is 0 Å². The van der Waals surface area contributed by atoms with Crippen molar-refractivity contribution in [2.45, 2.75) is 29.5 Å². The molecule has 1 fully saturated rings. The maximum Gasteiger partial charge on any atom is 0.416 e. The molecule has 1 saturated heterocycles. The summed E-state index contributed by atoms with van der Waals surface area (Å²) in [4.78, 5) is 14.5. The van der Waals surface area contributed by atoms with Crippen molar-refractivity contribution in [2.75, 3.05) is 25.0 Å². The van der Waals surface area contributed by atoms with E-state index in [1.54, 1.807) is 23.1 Å². The van der Waals surface area contributed by atoms with Crippen molar-refractivity contribution in [3.63, 3.8) is 0 Å². The molecule has 1 spiro atoms. The molecule has 10 heteroatoms. The van der Waals surface area contributed by atoms with Crippen molar-refractivity contribution in [1.82, 2.24) is 9.62 Å². The summed E-state index contributed by atoms with van der Waals surface area (Å²) in [7, 11) is -3.63. The first-order valence-corrected chi connectivity index (χ1v) is 10.9. The summed E-state index contributed by atoms with van der Waals surface area (Å²) in [5.41, 5.74) is -0.634. The van der Waals surface area contributed by atoms with Crippen molar-refractivity contribution in [2.24, 2.45) is 0 Å². The number of nitrogens with zero attached hydrogens (tertiary/aromatic N) is 1. The number of rotatable bonds is 1. The minimum atomic E-state index is -4.45. The SMILES string of the molecule is O=C(c1ccc(C(F)(F)F)cc1)N1CCC2(CC1)CN[S+](=O)([O-])c1ccccc1N2. The van der Waals surface area contributed by atoms with E-state index in [1.165, 1.54) is 18.2 Å². The molecule has 2 aromatic rings. The second-order valence-electron chi connectivity index (χ2n) is 7.59. The number of piperidine rings is 1. The van der Waals surface area contributed by atoms with Crippen LogP contribution in [0.4, 0.5) is 18.9 Å². The third-order valence-corrected chi connectivity index (χ3v) is 7.10. The summed E-state index contributed by atoms with van der Waals surface area (Å²) in [5, 5.41) is 3.35. The Morgan fingerprint density at radius 1 is 1.07 bits per heavy atom. The first-order chi connectivity index (χ1) is 14.1. The molecule has 6 nitrogen and oxygen atoms in total. The molecule has 0 saturated carbocycles. The minimum Gasteiger partial charge on any atom is -0.593 e. The molecule has 0 bridgehead atoms. The standard InChI is InChI=1S/C20H20F3N3O3S/c21-20(22,23)15-7-5-14(6-8-15)18(27)26-11-9-19(10-12-26)13-24-30(28,29)17-4-2-1-3-16(17)25-19/h1-8H,9-13H2,(H2-,24,25,28,29). The van der Waals surface area contributed by atoms with Gasteiger partial charge >= 0.3 is 6.18 Å². The fraction of sp³-hybridized carbons (Fsp3) is 0.350. The van der Waals surface area contributed by atoms with Gasteiger partial charge in [0.2, 0.25) is 0 Å². The number of hydrogen-bond donors (Lipinski definition) is 2. The molecule has 2 aromatic carbocycles. The third-order valence-electron chi connectivity index (χ3n) is 5.64. The predicted molar refractivity (Wildman–Crippen MR) is 104 cm³/mol. The highest BCUT2D eigenvalue weighted by atomic mass is 32.3. The van der Waals surface area contributed by atoms with E-state index in [4.69, 9.17) is 0 Å². The van der Waals surface area contributed by atoms with E-state index >= 15 is 0 Å². The first kappa shape index (κ1) is 20.8. The number of halogens is 3. The smallest absolute Gasteiger partial charge is 0.416 e. The highest BCUT2D eigenvalue weighted by Gasteiger charge is 2.42. The Hall–Kier alpha value is -2.43. The zero-order valence-corrected chi connectivity index (χ0v) is 16.7. The molecule has 0 aliphatic carbocycles. The van der Waals surface area contributed by atoms with Crippen molar-refractivity contribution >= 4 is 22.0 Å². The van der Waals surface area contributed by atoms with E-state index < -0.39 is 27.7 Å². The van der Waals surface area contributed by atoms with Crippen LogP contribution in [-0.4, -0.2) is 40.5 Å². The van der Waals surface area contributed by atoms with Gasteiger partial charge in [-0.25, -0.2) is 0 Å². The maximum absolute atomic E-state index is 12.7. The molecule has 2 aliphatic rings. The molecular formula is C20H20F3N3O3S. The van der Waals surface area contributed by atoms with Gasteiger partial charge in [0, 0.05) is 18.7 Å². The van der Waals surface area contributed by atoms with Gasteiger partial charge in [-0.15, -0.1) is 4.72 Å². The normalized spacial score (nSPS) is 23.4. The number of carbonyl (C=O) groups is 1. The molecule has 0 aromatic heterocycles. The molecule has 0 radical (unpaired) electrons. The number of alkyl halides is 3. The summed E-state index contributed by atoms with van der Waals surface area (Å²) in [5.74, 6) is -0.340. The van der Waals surface area contributed by atoms with Gasteiger partial charge < -0.3 is 14.8 Å². The van der Waals surface area contributed by atoms with Crippen molar-refractivity contribution in [3.05, 3.63) is 59.7 Å². The molecular weight excluding hydrogens is 419 g/mol. The Balaban J connectivity index is 1.47. The van der Waals surface area contributed by atoms with E-state index in [1.807, 2.05) is 0 Å². The van der Waals surface area contributed by atoms with Crippen LogP contribution in [0.1, 0.15) is 28.8 Å². The summed E-state index contributed by atoms with van der Waals surface area (Å²) in [6.07, 6.45) is -3.46. The highest BCUT2D eigenvalue weighted by Crippen LogP contribution is 2.35. The van der Waals surface area contributed by atoms with Crippen LogP contribution in [-0.2, 0) is 20.8 Å². The van der Waals surface area contributed by atoms with Gasteiger partial charge in [-0.2, -0.15) is 13.2 Å². The monoisotopic (exact) mass is 439 g/mol. The summed E-state index contributed by atoms with van der Waals surface area (Å²) >= 11 is 0. The number of fused-ring (bicyclic) bond motifs is 1. The predicted octanol–water partition coefficient (Wildman–Crippen LogP) is 3.30. The Morgan fingerprint density at radius 3 is 2.33 bits per heavy atom. The van der Waals surface area contributed by atoms with Crippen LogP contribution in [0.5, 0.6) is 0 Å². The molecule has 1 unspecified atom stereocenters. The molecule has 1 atom stereocenters. The zero-order valence-electron chi connectivity index (χ0n) is 15.9. The van der Waals surface area contributed by atoms with E-state index in [0.29, 0.717) is 31.6 Å². The van der Waals surface area contributed by atoms with Gasteiger partial charge in [0.05, 0.1) is 23.3 Å². The Morgan fingerprint density at radius 2 is 1.70 bits per heavy atom. The number of hydrogen-bond acceptors (Lipinski definition) is 4. The Bertz CT molecular complexity index is 1000. The van der Waals surface area contributed by atoms with Crippen LogP contribution in [0.25, 0.3) is 0 Å². The number of likely N-dealkylation sites (tertiary alicyclic amines) is 1. The van der Waals surface area contributed by atoms with Crippen molar-refractivity contribution in [1.29, 1.82) is 0 Å². The fourth-order valence-corrected chi connectivity index (χ4v) is 5.16. The number of benzene rings is 2. The van der Waals surface area contributed by atoms with Crippen molar-refractivity contribution in [3.8, 4) is 0 Å². The summed E-state index contributed by atoms with van der Waals surface area (Å²) in [6.45, 7) is 0.903. The molecule has 2 aliphatic heterocycles. The van der Waals surface area contributed by atoms with Crippen LogP contribution in [0, 0.1) is 0 Å². The fourth-order valence-electron chi connectivity index (χ4n) is 3.87. The topological polar surface area (TPSA) is 84.5 Å². The average molecular weight is 439 g/mol. The Kier molecular flexibility index (Phi) is 5.11. The van der Waals surface area contributed by atoms with E-state index in [9.17, 15) is 26.7 Å². The lowest BCUT2D eigenvalue weighted by Gasteiger charge is -2.41. The number of amides is 1. The van der Waals surface area contributed by atoms with E-state index in [2.05, 4.69) is 10.0 Å². The van der Waals surface area contributed by atoms with Crippen LogP contribution in [0.2, 0.25) is 0 Å².